The highest BCUT2D eigenvalue weighted by Crippen LogP contribution is 2.20. The first-order chi connectivity index (χ1) is 8.50. The predicted octanol–water partition coefficient (Wildman–Crippen LogP) is 0.210. The molecule has 0 bridgehead atoms. The molecule has 18 heavy (non-hydrogen) atoms. The average Bonchev–Trinajstić information content (AvgIpc) is 2.31. The van der Waals surface area contributed by atoms with Crippen molar-refractivity contribution >= 4 is 15.7 Å². The molecule has 6 heteroatoms. The lowest BCUT2D eigenvalue weighted by Gasteiger charge is -2.32. The summed E-state index contributed by atoms with van der Waals surface area (Å²) in [6, 6.07) is 0.275. The van der Waals surface area contributed by atoms with Crippen molar-refractivity contribution in [3.8, 4) is 0 Å². The Labute approximate surface area is 109 Å². The van der Waals surface area contributed by atoms with Gasteiger partial charge in [-0.1, -0.05) is 6.42 Å². The maximum Gasteiger partial charge on any atom is 0.238 e. The number of sulfone groups is 1. The van der Waals surface area contributed by atoms with E-state index in [0.717, 1.165) is 25.8 Å². The van der Waals surface area contributed by atoms with Crippen LogP contribution in [0.4, 0.5) is 0 Å². The minimum atomic E-state index is -3.22. The van der Waals surface area contributed by atoms with Crippen molar-refractivity contribution in [2.24, 2.45) is 0 Å². The minimum Gasteiger partial charge on any atom is -0.351 e. The van der Waals surface area contributed by atoms with E-state index in [2.05, 4.69) is 10.6 Å². The number of amides is 1. The van der Waals surface area contributed by atoms with Gasteiger partial charge in [0.25, 0.3) is 0 Å². The van der Waals surface area contributed by atoms with E-state index >= 15 is 0 Å². The summed E-state index contributed by atoms with van der Waals surface area (Å²) < 4.78 is 23.7. The van der Waals surface area contributed by atoms with Crippen LogP contribution >= 0.6 is 0 Å². The molecular formula is C12H22N2O3S. The molecule has 0 spiro atoms. The van der Waals surface area contributed by atoms with E-state index in [1.54, 1.807) is 0 Å². The fourth-order valence-corrected chi connectivity index (χ4v) is 4.58. The second-order valence-electron chi connectivity index (χ2n) is 5.35. The van der Waals surface area contributed by atoms with Gasteiger partial charge < -0.3 is 10.6 Å². The molecule has 0 aromatic heterocycles. The van der Waals surface area contributed by atoms with E-state index in [1.165, 1.54) is 0 Å². The molecule has 5 nitrogen and oxygen atoms in total. The summed E-state index contributed by atoms with van der Waals surface area (Å²) in [6.07, 6.45) is 3.94. The second-order valence-corrected chi connectivity index (χ2v) is 7.65. The highest BCUT2D eigenvalue weighted by molar-refractivity contribution is 7.92. The predicted molar refractivity (Wildman–Crippen MR) is 70.1 cm³/mol. The van der Waals surface area contributed by atoms with E-state index in [4.69, 9.17) is 0 Å². The SMILES string of the molecule is CC1NCCCC1NC(=O)C1CCCCS1(=O)=O. The van der Waals surface area contributed by atoms with Gasteiger partial charge in [0.15, 0.2) is 9.84 Å². The first kappa shape index (κ1) is 13.8. The van der Waals surface area contributed by atoms with Gasteiger partial charge in [-0.3, -0.25) is 4.79 Å². The molecule has 2 aliphatic rings. The smallest absolute Gasteiger partial charge is 0.238 e. The molecule has 104 valence electrons. The van der Waals surface area contributed by atoms with Crippen LogP contribution in [0.5, 0.6) is 0 Å². The molecular weight excluding hydrogens is 252 g/mol. The van der Waals surface area contributed by atoms with E-state index in [1.807, 2.05) is 6.92 Å². The van der Waals surface area contributed by atoms with Gasteiger partial charge in [-0.25, -0.2) is 8.42 Å². The monoisotopic (exact) mass is 274 g/mol. The van der Waals surface area contributed by atoms with Crippen LogP contribution in [-0.4, -0.2) is 44.0 Å². The molecule has 1 amide bonds. The van der Waals surface area contributed by atoms with Crippen LogP contribution in [0.1, 0.15) is 39.0 Å². The van der Waals surface area contributed by atoms with Gasteiger partial charge in [0, 0.05) is 12.1 Å². The van der Waals surface area contributed by atoms with Crippen LogP contribution in [0.2, 0.25) is 0 Å². The van der Waals surface area contributed by atoms with Crippen molar-refractivity contribution in [3.63, 3.8) is 0 Å². The highest BCUT2D eigenvalue weighted by atomic mass is 32.2. The Hall–Kier alpha value is -0.620. The number of rotatable bonds is 2. The molecule has 2 N–H and O–H groups in total. The Bertz CT molecular complexity index is 408. The fraction of sp³-hybridized carbons (Fsp3) is 0.917. The van der Waals surface area contributed by atoms with E-state index in [0.29, 0.717) is 12.8 Å². The molecule has 3 atom stereocenters. The zero-order valence-electron chi connectivity index (χ0n) is 10.8. The van der Waals surface area contributed by atoms with Crippen LogP contribution < -0.4 is 10.6 Å². The van der Waals surface area contributed by atoms with Crippen molar-refractivity contribution in [3.05, 3.63) is 0 Å². The Balaban J connectivity index is 1.98. The Morgan fingerprint density at radius 3 is 2.67 bits per heavy atom. The van der Waals surface area contributed by atoms with E-state index in [9.17, 15) is 13.2 Å². The lowest BCUT2D eigenvalue weighted by Crippen LogP contribution is -2.55. The van der Waals surface area contributed by atoms with Crippen molar-refractivity contribution in [1.29, 1.82) is 0 Å². The summed E-state index contributed by atoms with van der Waals surface area (Å²) in [7, 11) is -3.22. The molecule has 0 aromatic rings. The fourth-order valence-electron chi connectivity index (χ4n) is 2.77. The van der Waals surface area contributed by atoms with Crippen LogP contribution in [0.15, 0.2) is 0 Å². The van der Waals surface area contributed by atoms with Crippen molar-refractivity contribution in [1.82, 2.24) is 10.6 Å². The standard InChI is InChI=1S/C12H22N2O3S/c1-9-10(5-4-7-13-9)14-12(15)11-6-2-3-8-18(11,16)17/h9-11,13H,2-8H2,1H3,(H,14,15). The summed E-state index contributed by atoms with van der Waals surface area (Å²) in [4.78, 5) is 12.1. The molecule has 2 aliphatic heterocycles. The third-order valence-electron chi connectivity index (χ3n) is 3.96. The summed E-state index contributed by atoms with van der Waals surface area (Å²) in [5, 5.41) is 5.39. The van der Waals surface area contributed by atoms with Crippen molar-refractivity contribution < 1.29 is 13.2 Å². The molecule has 0 saturated carbocycles. The van der Waals surface area contributed by atoms with Gasteiger partial charge in [0.05, 0.1) is 5.75 Å². The van der Waals surface area contributed by atoms with Gasteiger partial charge in [-0.2, -0.15) is 0 Å². The quantitative estimate of drug-likeness (QED) is 0.755. The first-order valence-corrected chi connectivity index (χ1v) is 8.47. The molecule has 0 radical (unpaired) electrons. The largest absolute Gasteiger partial charge is 0.351 e. The molecule has 0 aliphatic carbocycles. The summed E-state index contributed by atoms with van der Waals surface area (Å²) in [5.74, 6) is -0.140. The summed E-state index contributed by atoms with van der Waals surface area (Å²) in [5.41, 5.74) is 0. The zero-order valence-corrected chi connectivity index (χ0v) is 11.6. The minimum absolute atomic E-state index is 0.0587. The number of hydrogen-bond donors (Lipinski definition) is 2. The molecule has 3 unspecified atom stereocenters. The molecule has 2 fully saturated rings. The lowest BCUT2D eigenvalue weighted by atomic mass is 9.99. The Morgan fingerprint density at radius 1 is 1.22 bits per heavy atom. The number of piperidine rings is 1. The van der Waals surface area contributed by atoms with Crippen LogP contribution in [0.25, 0.3) is 0 Å². The average molecular weight is 274 g/mol. The zero-order chi connectivity index (χ0) is 13.2. The van der Waals surface area contributed by atoms with E-state index < -0.39 is 15.1 Å². The summed E-state index contributed by atoms with van der Waals surface area (Å²) in [6.45, 7) is 2.99. The molecule has 2 rings (SSSR count). The van der Waals surface area contributed by atoms with Gasteiger partial charge in [0.1, 0.15) is 5.25 Å². The third-order valence-corrected chi connectivity index (χ3v) is 6.13. The normalized spacial score (nSPS) is 35.9. The molecule has 2 saturated heterocycles. The number of hydrogen-bond acceptors (Lipinski definition) is 4. The summed E-state index contributed by atoms with van der Waals surface area (Å²) >= 11 is 0. The van der Waals surface area contributed by atoms with Crippen LogP contribution in [0, 0.1) is 0 Å². The topological polar surface area (TPSA) is 75.3 Å². The maximum atomic E-state index is 12.1. The number of carbonyl (C=O) groups excluding carboxylic acids is 1. The van der Waals surface area contributed by atoms with Gasteiger partial charge in [0.2, 0.25) is 5.91 Å². The van der Waals surface area contributed by atoms with E-state index in [-0.39, 0.29) is 23.7 Å². The van der Waals surface area contributed by atoms with Crippen molar-refractivity contribution in [2.75, 3.05) is 12.3 Å². The molecule has 0 aromatic carbocycles. The Kier molecular flexibility index (Phi) is 4.27. The van der Waals surface area contributed by atoms with Crippen LogP contribution in [0.3, 0.4) is 0 Å². The van der Waals surface area contributed by atoms with Crippen molar-refractivity contribution in [2.45, 2.75) is 56.4 Å². The maximum absolute atomic E-state index is 12.1. The second kappa shape index (κ2) is 5.57. The Morgan fingerprint density at radius 2 is 2.00 bits per heavy atom. The highest BCUT2D eigenvalue weighted by Gasteiger charge is 2.36. The number of carbonyl (C=O) groups is 1. The number of nitrogens with one attached hydrogen (secondary N) is 2. The van der Waals surface area contributed by atoms with Crippen LogP contribution in [-0.2, 0) is 14.6 Å². The van der Waals surface area contributed by atoms with Gasteiger partial charge in [-0.05, 0) is 39.2 Å². The van der Waals surface area contributed by atoms with Gasteiger partial charge >= 0.3 is 0 Å². The first-order valence-electron chi connectivity index (χ1n) is 6.76. The molecule has 2 heterocycles. The lowest BCUT2D eigenvalue weighted by molar-refractivity contribution is -0.121. The third kappa shape index (κ3) is 3.03. The van der Waals surface area contributed by atoms with Gasteiger partial charge in [-0.15, -0.1) is 0 Å².